The van der Waals surface area contributed by atoms with Crippen molar-refractivity contribution in [1.29, 1.82) is 0 Å². The average molecular weight is 290 g/mol. The summed E-state index contributed by atoms with van der Waals surface area (Å²) < 4.78 is 26.9. The average Bonchev–Trinajstić information content (AvgIpc) is 2.41. The van der Waals surface area contributed by atoms with Crippen LogP contribution >= 0.6 is 0 Å². The standard InChI is InChI=1S/C14H14N2O3S/c1-10(17)11-5-4-6-12(9-11)20(18,19)16-14-8-3-2-7-13(14)15/h2-9,16H,15H2,1H3. The fourth-order valence-corrected chi connectivity index (χ4v) is 2.81. The van der Waals surface area contributed by atoms with E-state index >= 15 is 0 Å². The Morgan fingerprint density at radius 1 is 1.10 bits per heavy atom. The van der Waals surface area contributed by atoms with Crippen LogP contribution in [0.25, 0.3) is 0 Å². The molecule has 0 saturated heterocycles. The van der Waals surface area contributed by atoms with Crippen molar-refractivity contribution in [3.63, 3.8) is 0 Å². The third kappa shape index (κ3) is 2.97. The molecule has 20 heavy (non-hydrogen) atoms. The molecule has 6 heteroatoms. The van der Waals surface area contributed by atoms with E-state index in [1.165, 1.54) is 25.1 Å². The van der Waals surface area contributed by atoms with Crippen molar-refractivity contribution in [2.24, 2.45) is 0 Å². The molecule has 0 heterocycles. The van der Waals surface area contributed by atoms with Crippen LogP contribution in [0.4, 0.5) is 11.4 Å². The Hall–Kier alpha value is -2.34. The van der Waals surface area contributed by atoms with Crippen molar-refractivity contribution in [2.75, 3.05) is 10.5 Å². The maximum atomic E-state index is 12.3. The second kappa shape index (κ2) is 5.34. The van der Waals surface area contributed by atoms with E-state index in [9.17, 15) is 13.2 Å². The highest BCUT2D eigenvalue weighted by Crippen LogP contribution is 2.22. The maximum Gasteiger partial charge on any atom is 0.261 e. The van der Waals surface area contributed by atoms with Crippen LogP contribution in [0.2, 0.25) is 0 Å². The van der Waals surface area contributed by atoms with Gasteiger partial charge < -0.3 is 5.73 Å². The topological polar surface area (TPSA) is 89.3 Å². The molecular formula is C14H14N2O3S. The van der Waals surface area contributed by atoms with Crippen LogP contribution < -0.4 is 10.5 Å². The Bertz CT molecular complexity index is 755. The van der Waals surface area contributed by atoms with Crippen molar-refractivity contribution in [1.82, 2.24) is 0 Å². The lowest BCUT2D eigenvalue weighted by Gasteiger charge is -2.10. The van der Waals surface area contributed by atoms with Crippen molar-refractivity contribution >= 4 is 27.2 Å². The van der Waals surface area contributed by atoms with Gasteiger partial charge in [0.1, 0.15) is 0 Å². The number of nitrogens with one attached hydrogen (secondary N) is 1. The molecule has 104 valence electrons. The quantitative estimate of drug-likeness (QED) is 0.667. The van der Waals surface area contributed by atoms with E-state index in [1.54, 1.807) is 30.3 Å². The minimum Gasteiger partial charge on any atom is -0.397 e. The predicted molar refractivity (Wildman–Crippen MR) is 78.1 cm³/mol. The number of hydrogen-bond acceptors (Lipinski definition) is 4. The smallest absolute Gasteiger partial charge is 0.261 e. The van der Waals surface area contributed by atoms with Crippen molar-refractivity contribution in [2.45, 2.75) is 11.8 Å². The largest absolute Gasteiger partial charge is 0.397 e. The van der Waals surface area contributed by atoms with E-state index < -0.39 is 10.0 Å². The number of benzene rings is 2. The molecule has 5 nitrogen and oxygen atoms in total. The molecule has 0 unspecified atom stereocenters. The first-order valence-electron chi connectivity index (χ1n) is 5.88. The van der Waals surface area contributed by atoms with E-state index in [-0.39, 0.29) is 10.7 Å². The van der Waals surface area contributed by atoms with Gasteiger partial charge in [-0.2, -0.15) is 0 Å². The van der Waals surface area contributed by atoms with Crippen LogP contribution in [0, 0.1) is 0 Å². The van der Waals surface area contributed by atoms with Gasteiger partial charge in [-0.15, -0.1) is 0 Å². The number of para-hydroxylation sites is 2. The van der Waals surface area contributed by atoms with Gasteiger partial charge in [-0.25, -0.2) is 8.42 Å². The first-order valence-corrected chi connectivity index (χ1v) is 7.37. The molecule has 0 atom stereocenters. The molecule has 2 aromatic carbocycles. The Labute approximate surface area is 117 Å². The van der Waals surface area contributed by atoms with Gasteiger partial charge in [0.2, 0.25) is 0 Å². The van der Waals surface area contributed by atoms with Crippen LogP contribution in [-0.2, 0) is 10.0 Å². The van der Waals surface area contributed by atoms with Gasteiger partial charge in [0.05, 0.1) is 16.3 Å². The highest BCUT2D eigenvalue weighted by atomic mass is 32.2. The molecule has 0 amide bonds. The van der Waals surface area contributed by atoms with E-state index in [1.807, 2.05) is 0 Å². The Morgan fingerprint density at radius 3 is 2.45 bits per heavy atom. The first-order chi connectivity index (χ1) is 9.40. The van der Waals surface area contributed by atoms with Gasteiger partial charge >= 0.3 is 0 Å². The second-order valence-corrected chi connectivity index (χ2v) is 5.96. The molecule has 0 radical (unpaired) electrons. The van der Waals surface area contributed by atoms with E-state index in [4.69, 9.17) is 5.73 Å². The molecule has 0 spiro atoms. The fourth-order valence-electron chi connectivity index (χ4n) is 1.68. The van der Waals surface area contributed by atoms with Crippen LogP contribution in [0.1, 0.15) is 17.3 Å². The maximum absolute atomic E-state index is 12.3. The van der Waals surface area contributed by atoms with Crippen LogP contribution in [0.15, 0.2) is 53.4 Å². The summed E-state index contributed by atoms with van der Waals surface area (Å²) in [4.78, 5) is 11.3. The number of carbonyl (C=O) groups excluding carboxylic acids is 1. The number of nitrogen functional groups attached to an aromatic ring is 1. The van der Waals surface area contributed by atoms with Crippen molar-refractivity contribution in [3.8, 4) is 0 Å². The van der Waals surface area contributed by atoms with Crippen LogP contribution in [0.3, 0.4) is 0 Å². The molecular weight excluding hydrogens is 276 g/mol. The third-order valence-corrected chi connectivity index (χ3v) is 4.12. The summed E-state index contributed by atoms with van der Waals surface area (Å²) in [7, 11) is -3.77. The summed E-state index contributed by atoms with van der Waals surface area (Å²) in [6, 6.07) is 12.4. The fraction of sp³-hybridized carbons (Fsp3) is 0.0714. The lowest BCUT2D eigenvalue weighted by molar-refractivity contribution is 0.101. The number of sulfonamides is 1. The third-order valence-electron chi connectivity index (χ3n) is 2.76. The number of anilines is 2. The monoisotopic (exact) mass is 290 g/mol. The van der Waals surface area contributed by atoms with E-state index in [2.05, 4.69) is 4.72 Å². The molecule has 3 N–H and O–H groups in total. The minimum atomic E-state index is -3.77. The van der Waals surface area contributed by atoms with Gasteiger partial charge in [-0.1, -0.05) is 24.3 Å². The molecule has 2 rings (SSSR count). The molecule has 0 aliphatic rings. The van der Waals surface area contributed by atoms with Crippen LogP contribution in [0.5, 0.6) is 0 Å². The Kier molecular flexibility index (Phi) is 3.76. The highest BCUT2D eigenvalue weighted by molar-refractivity contribution is 7.92. The van der Waals surface area contributed by atoms with E-state index in [0.29, 0.717) is 16.9 Å². The number of hydrogen-bond donors (Lipinski definition) is 2. The first kappa shape index (κ1) is 14.1. The summed E-state index contributed by atoms with van der Waals surface area (Å²) in [5.74, 6) is -0.193. The summed E-state index contributed by atoms with van der Waals surface area (Å²) in [6.45, 7) is 1.38. The molecule has 0 fully saturated rings. The number of rotatable bonds is 4. The molecule has 0 aliphatic heterocycles. The molecule has 0 aromatic heterocycles. The van der Waals surface area contributed by atoms with Gasteiger partial charge in [0.25, 0.3) is 10.0 Å². The Balaban J connectivity index is 2.38. The zero-order valence-corrected chi connectivity index (χ0v) is 11.6. The molecule has 0 aliphatic carbocycles. The number of ketones is 1. The van der Waals surface area contributed by atoms with Gasteiger partial charge in [-0.05, 0) is 31.2 Å². The molecule has 0 bridgehead atoms. The van der Waals surface area contributed by atoms with Gasteiger partial charge in [-0.3, -0.25) is 9.52 Å². The number of nitrogens with two attached hydrogens (primary N) is 1. The van der Waals surface area contributed by atoms with Crippen molar-refractivity contribution < 1.29 is 13.2 Å². The SMILES string of the molecule is CC(=O)c1cccc(S(=O)(=O)Nc2ccccc2N)c1. The van der Waals surface area contributed by atoms with Gasteiger partial charge in [0.15, 0.2) is 5.78 Å². The zero-order chi connectivity index (χ0) is 14.8. The molecule has 2 aromatic rings. The lowest BCUT2D eigenvalue weighted by Crippen LogP contribution is -2.14. The van der Waals surface area contributed by atoms with E-state index in [0.717, 1.165) is 0 Å². The second-order valence-electron chi connectivity index (χ2n) is 4.28. The summed E-state index contributed by atoms with van der Waals surface area (Å²) in [6.07, 6.45) is 0. The van der Waals surface area contributed by atoms with Crippen molar-refractivity contribution in [3.05, 3.63) is 54.1 Å². The summed E-state index contributed by atoms with van der Waals surface area (Å²) >= 11 is 0. The molecule has 0 saturated carbocycles. The summed E-state index contributed by atoms with van der Waals surface area (Å²) in [5, 5.41) is 0. The predicted octanol–water partition coefficient (Wildman–Crippen LogP) is 2.27. The Morgan fingerprint density at radius 2 is 1.80 bits per heavy atom. The summed E-state index contributed by atoms with van der Waals surface area (Å²) in [5.41, 5.74) is 6.68. The van der Waals surface area contributed by atoms with Gasteiger partial charge in [0, 0.05) is 5.56 Å². The number of Topliss-reactive ketones (excluding diaryl/α,β-unsaturated/α-hetero) is 1. The zero-order valence-electron chi connectivity index (χ0n) is 10.8. The lowest BCUT2D eigenvalue weighted by atomic mass is 10.2. The van der Waals surface area contributed by atoms with Crippen LogP contribution in [-0.4, -0.2) is 14.2 Å². The normalized spacial score (nSPS) is 11.1. The number of carbonyl (C=O) groups is 1. The minimum absolute atomic E-state index is 0.0217. The highest BCUT2D eigenvalue weighted by Gasteiger charge is 2.16.